The van der Waals surface area contributed by atoms with Crippen molar-refractivity contribution in [3.05, 3.63) is 34.6 Å². The van der Waals surface area contributed by atoms with Gasteiger partial charge in [0.1, 0.15) is 28.8 Å². The van der Waals surface area contributed by atoms with Crippen molar-refractivity contribution >= 4 is 17.3 Å². The van der Waals surface area contributed by atoms with Crippen molar-refractivity contribution < 1.29 is 23.8 Å². The fraction of sp³-hybridized carbons (Fsp3) is 0.412. The van der Waals surface area contributed by atoms with Gasteiger partial charge in [-0.2, -0.15) is 0 Å². The van der Waals surface area contributed by atoms with Crippen LogP contribution in [0.25, 0.3) is 10.6 Å². The first-order valence-corrected chi connectivity index (χ1v) is 8.54. The Kier molecular flexibility index (Phi) is 3.58. The van der Waals surface area contributed by atoms with E-state index in [1.54, 1.807) is 6.20 Å². The molecule has 1 saturated carbocycles. The number of benzene rings is 1. The van der Waals surface area contributed by atoms with Gasteiger partial charge in [-0.3, -0.25) is 0 Å². The number of nitrogens with zero attached hydrogens (tertiary/aromatic N) is 1. The Balaban J connectivity index is 1.66. The lowest BCUT2D eigenvalue weighted by molar-refractivity contribution is -0.0358. The normalized spacial score (nSPS) is 24.7. The molecule has 3 aliphatic rings. The van der Waals surface area contributed by atoms with Crippen LogP contribution in [0.5, 0.6) is 5.75 Å². The van der Waals surface area contributed by atoms with Crippen LogP contribution in [-0.2, 0) is 4.74 Å². The molecule has 7 heteroatoms. The van der Waals surface area contributed by atoms with E-state index in [4.69, 9.17) is 9.47 Å². The van der Waals surface area contributed by atoms with Gasteiger partial charge in [-0.15, -0.1) is 11.3 Å². The summed E-state index contributed by atoms with van der Waals surface area (Å²) in [5.41, 5.74) is -0.508. The molecular weight excluding hydrogens is 333 g/mol. The van der Waals surface area contributed by atoms with E-state index >= 15 is 0 Å². The lowest BCUT2D eigenvalue weighted by Gasteiger charge is -2.35. The standard InChI is InChI=1S/C17H16FNO4S/c1-9-6-19-15(24-9)12-2-11(3-13(14(12)18)16(20)21)22-8-17-4-10(5-17)7-23-17/h2-3,6,10H,4-5,7-8H2,1H3,(H,20,21). The molecule has 0 amide bonds. The highest BCUT2D eigenvalue weighted by molar-refractivity contribution is 7.14. The van der Waals surface area contributed by atoms with E-state index in [1.807, 2.05) is 6.92 Å². The second-order valence-electron chi connectivity index (χ2n) is 6.47. The first kappa shape index (κ1) is 15.5. The van der Waals surface area contributed by atoms with Gasteiger partial charge in [0.25, 0.3) is 0 Å². The second-order valence-corrected chi connectivity index (χ2v) is 7.71. The van der Waals surface area contributed by atoms with Gasteiger partial charge in [-0.1, -0.05) is 0 Å². The lowest BCUT2D eigenvalue weighted by Crippen LogP contribution is -2.42. The second kappa shape index (κ2) is 5.53. The van der Waals surface area contributed by atoms with Gasteiger partial charge in [0, 0.05) is 11.1 Å². The lowest BCUT2D eigenvalue weighted by atomic mass is 9.75. The predicted octanol–water partition coefficient (Wildman–Crippen LogP) is 3.51. The van der Waals surface area contributed by atoms with E-state index in [-0.39, 0.29) is 11.2 Å². The Morgan fingerprint density at radius 2 is 2.33 bits per heavy atom. The smallest absolute Gasteiger partial charge is 0.338 e. The van der Waals surface area contributed by atoms with Gasteiger partial charge in [0.2, 0.25) is 0 Å². The summed E-state index contributed by atoms with van der Waals surface area (Å²) in [5.74, 6) is -1.18. The van der Waals surface area contributed by atoms with Crippen molar-refractivity contribution in [2.75, 3.05) is 13.2 Å². The third-order valence-corrected chi connectivity index (χ3v) is 5.52. The molecule has 3 fully saturated rings. The predicted molar refractivity (Wildman–Crippen MR) is 86.1 cm³/mol. The van der Waals surface area contributed by atoms with Crippen LogP contribution in [-0.4, -0.2) is 34.9 Å². The number of hydrogen-bond donors (Lipinski definition) is 1. The zero-order valence-electron chi connectivity index (χ0n) is 13.0. The summed E-state index contributed by atoms with van der Waals surface area (Å²) in [5, 5.41) is 9.71. The highest BCUT2D eigenvalue weighted by Crippen LogP contribution is 2.48. The molecule has 1 N–H and O–H groups in total. The number of carboxylic acid groups (broad SMARTS) is 1. The van der Waals surface area contributed by atoms with Crippen LogP contribution in [0.4, 0.5) is 4.39 Å². The number of halogens is 1. The fourth-order valence-corrected chi connectivity index (χ4v) is 4.14. The van der Waals surface area contributed by atoms with E-state index in [9.17, 15) is 14.3 Å². The summed E-state index contributed by atoms with van der Waals surface area (Å²) in [7, 11) is 0. The van der Waals surface area contributed by atoms with Crippen LogP contribution in [0.2, 0.25) is 0 Å². The summed E-state index contributed by atoms with van der Waals surface area (Å²) >= 11 is 1.31. The first-order chi connectivity index (χ1) is 11.5. The van der Waals surface area contributed by atoms with Gasteiger partial charge >= 0.3 is 5.97 Å². The molecule has 24 heavy (non-hydrogen) atoms. The Labute approximate surface area is 142 Å². The molecule has 3 heterocycles. The minimum Gasteiger partial charge on any atom is -0.491 e. The molecule has 0 radical (unpaired) electrons. The van der Waals surface area contributed by atoms with Crippen LogP contribution < -0.4 is 4.74 Å². The Morgan fingerprint density at radius 1 is 1.54 bits per heavy atom. The molecule has 2 aromatic rings. The van der Waals surface area contributed by atoms with Crippen molar-refractivity contribution in [3.8, 4) is 16.3 Å². The van der Waals surface area contributed by atoms with E-state index in [0.29, 0.717) is 23.3 Å². The van der Waals surface area contributed by atoms with Crippen molar-refractivity contribution in [3.63, 3.8) is 0 Å². The molecular formula is C17H16FNO4S. The van der Waals surface area contributed by atoms with E-state index in [1.165, 1.54) is 23.5 Å². The van der Waals surface area contributed by atoms with E-state index in [2.05, 4.69) is 4.98 Å². The summed E-state index contributed by atoms with van der Waals surface area (Å²) in [6, 6.07) is 2.74. The van der Waals surface area contributed by atoms with Gasteiger partial charge in [0.05, 0.1) is 17.7 Å². The monoisotopic (exact) mass is 349 g/mol. The molecule has 5 rings (SSSR count). The van der Waals surface area contributed by atoms with Crippen molar-refractivity contribution in [2.24, 2.45) is 5.92 Å². The molecule has 0 unspecified atom stereocenters. The van der Waals surface area contributed by atoms with Crippen LogP contribution in [0.15, 0.2) is 18.3 Å². The Bertz CT molecular complexity index is 807. The number of aryl methyl sites for hydroxylation is 1. The largest absolute Gasteiger partial charge is 0.491 e. The summed E-state index contributed by atoms with van der Waals surface area (Å²) in [6.45, 7) is 2.97. The van der Waals surface area contributed by atoms with Gasteiger partial charge in [-0.05, 0) is 37.8 Å². The van der Waals surface area contributed by atoms with Crippen molar-refractivity contribution in [2.45, 2.75) is 25.4 Å². The van der Waals surface area contributed by atoms with Crippen molar-refractivity contribution in [1.82, 2.24) is 4.98 Å². The molecule has 1 aromatic heterocycles. The molecule has 1 aliphatic carbocycles. The maximum atomic E-state index is 14.5. The molecule has 2 aliphatic heterocycles. The molecule has 1 aromatic carbocycles. The SMILES string of the molecule is Cc1cnc(-c2cc(OCC34CC(CO3)C4)cc(C(=O)O)c2F)s1. The van der Waals surface area contributed by atoms with Crippen LogP contribution in [0, 0.1) is 18.7 Å². The summed E-state index contributed by atoms with van der Waals surface area (Å²) in [4.78, 5) is 16.4. The molecule has 0 spiro atoms. The zero-order chi connectivity index (χ0) is 16.9. The number of rotatable bonds is 5. The zero-order valence-corrected chi connectivity index (χ0v) is 13.9. The van der Waals surface area contributed by atoms with Crippen LogP contribution in [0.1, 0.15) is 28.1 Å². The highest BCUT2D eigenvalue weighted by atomic mass is 32.1. The third-order valence-electron chi connectivity index (χ3n) is 4.58. The summed E-state index contributed by atoms with van der Waals surface area (Å²) < 4.78 is 26.0. The molecule has 5 nitrogen and oxygen atoms in total. The van der Waals surface area contributed by atoms with Crippen LogP contribution >= 0.6 is 11.3 Å². The number of ether oxygens (including phenoxy) is 2. The number of carboxylic acids is 1. The minimum absolute atomic E-state index is 0.152. The number of hydrogen-bond acceptors (Lipinski definition) is 5. The Hall–Kier alpha value is -1.99. The van der Waals surface area contributed by atoms with Gasteiger partial charge in [0.15, 0.2) is 0 Å². The molecule has 2 saturated heterocycles. The average Bonchev–Trinajstić information content (AvgIpc) is 3.21. The quantitative estimate of drug-likeness (QED) is 0.894. The first-order valence-electron chi connectivity index (χ1n) is 7.72. The average molecular weight is 349 g/mol. The molecule has 126 valence electrons. The van der Waals surface area contributed by atoms with Crippen LogP contribution in [0.3, 0.4) is 0 Å². The number of aromatic carboxylic acids is 1. The maximum absolute atomic E-state index is 14.5. The fourth-order valence-electron chi connectivity index (χ4n) is 3.37. The maximum Gasteiger partial charge on any atom is 0.338 e. The highest BCUT2D eigenvalue weighted by Gasteiger charge is 2.52. The molecule has 2 bridgehead atoms. The van der Waals surface area contributed by atoms with Crippen molar-refractivity contribution in [1.29, 1.82) is 0 Å². The third kappa shape index (κ3) is 2.57. The summed E-state index contributed by atoms with van der Waals surface area (Å²) in [6.07, 6.45) is 3.57. The number of fused-ring (bicyclic) bond motifs is 1. The van der Waals surface area contributed by atoms with E-state index < -0.39 is 17.3 Å². The topological polar surface area (TPSA) is 68.7 Å². The van der Waals surface area contributed by atoms with Gasteiger partial charge < -0.3 is 14.6 Å². The molecule has 0 atom stereocenters. The number of thiazole rings is 1. The minimum atomic E-state index is -1.33. The number of aromatic nitrogens is 1. The Morgan fingerprint density at radius 3 is 2.92 bits per heavy atom. The van der Waals surface area contributed by atoms with Gasteiger partial charge in [-0.25, -0.2) is 14.2 Å². The number of carbonyl (C=O) groups is 1. The van der Waals surface area contributed by atoms with E-state index in [0.717, 1.165) is 24.3 Å².